The Kier molecular flexibility index (Phi) is 4.39. The lowest BCUT2D eigenvalue weighted by atomic mass is 10.2. The largest absolute Gasteiger partial charge is 0.493 e. The summed E-state index contributed by atoms with van der Waals surface area (Å²) in [5.74, 6) is 1.20. The first-order chi connectivity index (χ1) is 6.59. The molecule has 0 aromatic heterocycles. The van der Waals surface area contributed by atoms with Crippen LogP contribution in [0.25, 0.3) is 0 Å². The molecular formula is C11H14BrFO. The molecule has 1 aromatic carbocycles. The lowest BCUT2D eigenvalue weighted by Gasteiger charge is -2.09. The summed E-state index contributed by atoms with van der Waals surface area (Å²) in [5.41, 5.74) is 0.589. The zero-order chi connectivity index (χ0) is 10.6. The minimum Gasteiger partial charge on any atom is -0.493 e. The Hall–Kier alpha value is -0.570. The molecule has 78 valence electrons. The highest BCUT2D eigenvalue weighted by atomic mass is 79.9. The SMILES string of the molecule is CC(C)COc1cccc(C(F)Br)c1. The van der Waals surface area contributed by atoms with Crippen LogP contribution < -0.4 is 4.74 Å². The van der Waals surface area contributed by atoms with Gasteiger partial charge in [0.25, 0.3) is 0 Å². The van der Waals surface area contributed by atoms with Gasteiger partial charge in [0.05, 0.1) is 6.61 Å². The highest BCUT2D eigenvalue weighted by Gasteiger charge is 2.05. The second-order valence-electron chi connectivity index (χ2n) is 3.58. The van der Waals surface area contributed by atoms with Crippen LogP contribution in [0.1, 0.15) is 24.5 Å². The fourth-order valence-electron chi connectivity index (χ4n) is 1.00. The van der Waals surface area contributed by atoms with Gasteiger partial charge in [-0.2, -0.15) is 0 Å². The molecule has 0 aliphatic heterocycles. The van der Waals surface area contributed by atoms with Crippen LogP contribution in [0.2, 0.25) is 0 Å². The molecule has 0 bridgehead atoms. The van der Waals surface area contributed by atoms with Gasteiger partial charge in [0.1, 0.15) is 5.75 Å². The summed E-state index contributed by atoms with van der Waals surface area (Å²) in [5, 5.41) is -1.12. The van der Waals surface area contributed by atoms with E-state index in [1.807, 2.05) is 6.07 Å². The molecule has 1 aromatic rings. The summed E-state index contributed by atoms with van der Waals surface area (Å²) in [7, 11) is 0. The quantitative estimate of drug-likeness (QED) is 0.742. The molecule has 1 unspecified atom stereocenters. The van der Waals surface area contributed by atoms with E-state index in [2.05, 4.69) is 29.8 Å². The molecule has 0 saturated carbocycles. The number of ether oxygens (including phenoxy) is 1. The topological polar surface area (TPSA) is 9.23 Å². The van der Waals surface area contributed by atoms with Crippen molar-refractivity contribution in [2.75, 3.05) is 6.61 Å². The second-order valence-corrected chi connectivity index (χ2v) is 4.38. The third-order valence-corrected chi connectivity index (χ3v) is 2.22. The molecule has 0 saturated heterocycles. The minimum atomic E-state index is -1.12. The fourth-order valence-corrected chi connectivity index (χ4v) is 1.29. The van der Waals surface area contributed by atoms with Crippen molar-refractivity contribution in [2.24, 2.45) is 5.92 Å². The number of halogens is 2. The molecule has 0 fully saturated rings. The van der Waals surface area contributed by atoms with Crippen molar-refractivity contribution in [1.29, 1.82) is 0 Å². The normalized spacial score (nSPS) is 12.9. The van der Waals surface area contributed by atoms with Crippen LogP contribution in [0.3, 0.4) is 0 Å². The van der Waals surface area contributed by atoms with Crippen molar-refractivity contribution in [1.82, 2.24) is 0 Å². The molecule has 0 aliphatic carbocycles. The molecule has 0 radical (unpaired) electrons. The van der Waals surface area contributed by atoms with Crippen LogP contribution in [0, 0.1) is 5.92 Å². The van der Waals surface area contributed by atoms with Crippen LogP contribution in [0.4, 0.5) is 4.39 Å². The lowest BCUT2D eigenvalue weighted by molar-refractivity contribution is 0.270. The summed E-state index contributed by atoms with van der Waals surface area (Å²) >= 11 is 2.87. The zero-order valence-electron chi connectivity index (χ0n) is 8.34. The van der Waals surface area contributed by atoms with E-state index in [4.69, 9.17) is 4.74 Å². The third kappa shape index (κ3) is 3.66. The summed E-state index contributed by atoms with van der Waals surface area (Å²) in [6.07, 6.45) is 0. The molecule has 0 heterocycles. The van der Waals surface area contributed by atoms with Gasteiger partial charge >= 0.3 is 0 Å². The number of rotatable bonds is 4. The van der Waals surface area contributed by atoms with Gasteiger partial charge in [0.2, 0.25) is 0 Å². The predicted molar refractivity (Wildman–Crippen MR) is 59.6 cm³/mol. The monoisotopic (exact) mass is 260 g/mol. The number of hydrogen-bond donors (Lipinski definition) is 0. The van der Waals surface area contributed by atoms with E-state index in [1.165, 1.54) is 0 Å². The van der Waals surface area contributed by atoms with E-state index in [9.17, 15) is 4.39 Å². The minimum absolute atomic E-state index is 0.476. The lowest BCUT2D eigenvalue weighted by Crippen LogP contribution is -2.04. The van der Waals surface area contributed by atoms with E-state index >= 15 is 0 Å². The Morgan fingerprint density at radius 2 is 2.14 bits per heavy atom. The van der Waals surface area contributed by atoms with Crippen LogP contribution in [-0.4, -0.2) is 6.61 Å². The molecule has 1 atom stereocenters. The van der Waals surface area contributed by atoms with Crippen molar-refractivity contribution in [2.45, 2.75) is 18.9 Å². The Bertz CT molecular complexity index is 286. The molecule has 0 spiro atoms. The standard InChI is InChI=1S/C11H14BrFO/c1-8(2)7-14-10-5-3-4-9(6-10)11(12)13/h3-6,8,11H,7H2,1-2H3. The van der Waals surface area contributed by atoms with Gasteiger partial charge < -0.3 is 4.74 Å². The number of hydrogen-bond acceptors (Lipinski definition) is 1. The van der Waals surface area contributed by atoms with Crippen molar-refractivity contribution in [3.8, 4) is 5.75 Å². The molecule has 1 nitrogen and oxygen atoms in total. The summed E-state index contributed by atoms with van der Waals surface area (Å²) in [4.78, 5) is 0. The van der Waals surface area contributed by atoms with Crippen molar-refractivity contribution in [3.05, 3.63) is 29.8 Å². The van der Waals surface area contributed by atoms with Crippen LogP contribution in [-0.2, 0) is 0 Å². The van der Waals surface area contributed by atoms with Gasteiger partial charge in [-0.05, 0) is 34.0 Å². The Labute approximate surface area is 92.4 Å². The van der Waals surface area contributed by atoms with Crippen LogP contribution in [0.5, 0.6) is 5.75 Å². The molecule has 0 amide bonds. The van der Waals surface area contributed by atoms with Crippen molar-refractivity contribution < 1.29 is 9.13 Å². The van der Waals surface area contributed by atoms with Gasteiger partial charge in [-0.1, -0.05) is 26.0 Å². The van der Waals surface area contributed by atoms with Crippen LogP contribution >= 0.6 is 15.9 Å². The molecule has 1 rings (SSSR count). The van der Waals surface area contributed by atoms with Crippen molar-refractivity contribution >= 4 is 15.9 Å². The first-order valence-corrected chi connectivity index (χ1v) is 5.52. The number of benzene rings is 1. The predicted octanol–water partition coefficient (Wildman–Crippen LogP) is 4.08. The first kappa shape index (κ1) is 11.5. The maximum Gasteiger partial charge on any atom is 0.180 e. The Balaban J connectivity index is 2.64. The van der Waals surface area contributed by atoms with E-state index in [1.54, 1.807) is 18.2 Å². The molecule has 0 N–H and O–H groups in total. The zero-order valence-corrected chi connectivity index (χ0v) is 9.92. The summed E-state index contributed by atoms with van der Waals surface area (Å²) < 4.78 is 18.3. The number of alkyl halides is 2. The van der Waals surface area contributed by atoms with Crippen LogP contribution in [0.15, 0.2) is 24.3 Å². The van der Waals surface area contributed by atoms with E-state index in [0.29, 0.717) is 18.1 Å². The van der Waals surface area contributed by atoms with Gasteiger partial charge in [-0.25, -0.2) is 4.39 Å². The average Bonchev–Trinajstić information content (AvgIpc) is 2.15. The molecule has 0 aliphatic rings. The maximum atomic E-state index is 12.9. The highest BCUT2D eigenvalue weighted by Crippen LogP contribution is 2.26. The molecule has 14 heavy (non-hydrogen) atoms. The van der Waals surface area contributed by atoms with Crippen molar-refractivity contribution in [3.63, 3.8) is 0 Å². The van der Waals surface area contributed by atoms with E-state index in [-0.39, 0.29) is 0 Å². The average molecular weight is 261 g/mol. The third-order valence-electron chi connectivity index (χ3n) is 1.69. The van der Waals surface area contributed by atoms with Gasteiger partial charge in [0.15, 0.2) is 5.08 Å². The first-order valence-electron chi connectivity index (χ1n) is 4.60. The smallest absolute Gasteiger partial charge is 0.180 e. The summed E-state index contributed by atoms with van der Waals surface area (Å²) in [6.45, 7) is 4.81. The highest BCUT2D eigenvalue weighted by molar-refractivity contribution is 9.09. The Morgan fingerprint density at radius 3 is 2.71 bits per heavy atom. The summed E-state index contributed by atoms with van der Waals surface area (Å²) in [6, 6.07) is 7.06. The van der Waals surface area contributed by atoms with E-state index < -0.39 is 5.08 Å². The van der Waals surface area contributed by atoms with Gasteiger partial charge in [-0.15, -0.1) is 0 Å². The maximum absolute atomic E-state index is 12.9. The van der Waals surface area contributed by atoms with E-state index in [0.717, 1.165) is 5.75 Å². The molecular weight excluding hydrogens is 247 g/mol. The van der Waals surface area contributed by atoms with Gasteiger partial charge in [0, 0.05) is 5.56 Å². The fraction of sp³-hybridized carbons (Fsp3) is 0.455. The second kappa shape index (κ2) is 5.35. The molecule has 3 heteroatoms. The Morgan fingerprint density at radius 1 is 1.43 bits per heavy atom. The van der Waals surface area contributed by atoms with Gasteiger partial charge in [-0.3, -0.25) is 0 Å².